The highest BCUT2D eigenvalue weighted by Crippen LogP contribution is 2.39. The number of benzene rings is 8. The maximum absolute atomic E-state index is 6.26. The third kappa shape index (κ3) is 9.94. The van der Waals surface area contributed by atoms with E-state index in [-0.39, 0.29) is 0 Å². The highest BCUT2D eigenvalue weighted by atomic mass is 16.3. The fourth-order valence-corrected chi connectivity index (χ4v) is 6.55. The van der Waals surface area contributed by atoms with Crippen molar-refractivity contribution in [3.8, 4) is 44.5 Å². The summed E-state index contributed by atoms with van der Waals surface area (Å²) in [7, 11) is 0. The number of fused-ring (bicyclic) bond motifs is 3. The molecule has 0 fully saturated rings. The van der Waals surface area contributed by atoms with Crippen molar-refractivity contribution in [3.63, 3.8) is 0 Å². The molecule has 276 valence electrons. The van der Waals surface area contributed by atoms with Crippen LogP contribution in [0.25, 0.3) is 66.4 Å². The number of aryl methyl sites for hydroxylation is 2. The molecule has 9 aromatic rings. The normalized spacial score (nSPS) is 10.3. The molecule has 4 nitrogen and oxygen atoms in total. The molecule has 0 aliphatic heterocycles. The molecule has 4 heteroatoms. The zero-order chi connectivity index (χ0) is 39.1. The lowest BCUT2D eigenvalue weighted by molar-refractivity contribution is 0.669. The molecule has 0 atom stereocenters. The monoisotopic (exact) mass is 729 g/mol. The van der Waals surface area contributed by atoms with Gasteiger partial charge in [-0.05, 0) is 94.3 Å². The molecule has 0 unspecified atom stereocenters. The van der Waals surface area contributed by atoms with Crippen LogP contribution >= 0.6 is 0 Å². The third-order valence-electron chi connectivity index (χ3n) is 9.37. The molecule has 0 aliphatic carbocycles. The summed E-state index contributed by atoms with van der Waals surface area (Å²) >= 11 is 0. The predicted molar refractivity (Wildman–Crippen MR) is 239 cm³/mol. The zero-order valence-electron chi connectivity index (χ0n) is 31.9. The summed E-state index contributed by atoms with van der Waals surface area (Å²) in [5, 5.41) is 8.12. The zero-order valence-corrected chi connectivity index (χ0v) is 31.9. The molecule has 0 bridgehead atoms. The van der Waals surface area contributed by atoms with Crippen LogP contribution in [0.4, 0.5) is 0 Å². The quantitative estimate of drug-likeness (QED) is 0.122. The van der Waals surface area contributed by atoms with E-state index in [1.807, 2.05) is 42.5 Å². The van der Waals surface area contributed by atoms with Gasteiger partial charge in [0.15, 0.2) is 0 Å². The molecule has 9 rings (SSSR count). The van der Waals surface area contributed by atoms with Crippen LogP contribution in [0.1, 0.15) is 16.7 Å². The molecular weight excluding hydrogens is 683 g/mol. The maximum Gasteiger partial charge on any atom is 0.136 e. The van der Waals surface area contributed by atoms with Crippen LogP contribution in [0.3, 0.4) is 0 Å². The Bertz CT molecular complexity index is 2560. The Morgan fingerprint density at radius 3 is 1.43 bits per heavy atom. The molecule has 1 aromatic heterocycles. The summed E-state index contributed by atoms with van der Waals surface area (Å²) in [6.07, 6.45) is 0.750. The van der Waals surface area contributed by atoms with Gasteiger partial charge in [0, 0.05) is 17.3 Å². The molecule has 8 aromatic carbocycles. The molecule has 0 radical (unpaired) electrons. The summed E-state index contributed by atoms with van der Waals surface area (Å²) in [6.45, 7) is 4.69. The number of rotatable bonds is 5. The van der Waals surface area contributed by atoms with Crippen LogP contribution in [0.15, 0.2) is 205 Å². The molecule has 0 amide bonds. The number of furan rings is 1. The summed E-state index contributed by atoms with van der Waals surface area (Å²) in [5.41, 5.74) is 25.4. The first-order chi connectivity index (χ1) is 27.5. The number of hydrogen-bond donors (Lipinski definition) is 3. The summed E-state index contributed by atoms with van der Waals surface area (Å²) in [6, 6.07) is 69.8. The number of nitrogens with one attached hydrogen (secondary N) is 1. The van der Waals surface area contributed by atoms with Crippen molar-refractivity contribution in [2.75, 3.05) is 0 Å². The van der Waals surface area contributed by atoms with Crippen LogP contribution in [-0.2, 0) is 6.54 Å². The fourth-order valence-electron chi connectivity index (χ4n) is 6.55. The second kappa shape index (κ2) is 19.4. The summed E-state index contributed by atoms with van der Waals surface area (Å²) in [4.78, 5) is 0. The van der Waals surface area contributed by atoms with Crippen molar-refractivity contribution in [1.82, 2.24) is 0 Å². The Labute approximate surface area is 330 Å². The lowest BCUT2D eigenvalue weighted by Crippen LogP contribution is -1.95. The molecule has 0 saturated carbocycles. The van der Waals surface area contributed by atoms with Gasteiger partial charge in [-0.3, -0.25) is 5.41 Å². The van der Waals surface area contributed by atoms with E-state index in [4.69, 9.17) is 15.6 Å². The first kappa shape index (κ1) is 38.7. The fraction of sp³-hybridized carbons (Fsp3) is 0.0577. The van der Waals surface area contributed by atoms with E-state index in [0.717, 1.165) is 45.0 Å². The second-order valence-electron chi connectivity index (χ2n) is 13.4. The molecule has 56 heavy (non-hydrogen) atoms. The Kier molecular flexibility index (Phi) is 13.4. The van der Waals surface area contributed by atoms with E-state index < -0.39 is 0 Å². The topological polar surface area (TPSA) is 89.0 Å². The first-order valence-electron chi connectivity index (χ1n) is 18.7. The van der Waals surface area contributed by atoms with Gasteiger partial charge in [0.2, 0.25) is 0 Å². The van der Waals surface area contributed by atoms with E-state index >= 15 is 0 Å². The van der Waals surface area contributed by atoms with Gasteiger partial charge in [-0.15, -0.1) is 0 Å². The molecule has 0 aliphatic rings. The van der Waals surface area contributed by atoms with Crippen LogP contribution < -0.4 is 11.5 Å². The van der Waals surface area contributed by atoms with Crippen LogP contribution in [0.2, 0.25) is 0 Å². The van der Waals surface area contributed by atoms with Gasteiger partial charge in [0.05, 0.1) is 6.34 Å². The largest absolute Gasteiger partial charge is 0.456 e. The number of nitrogens with two attached hydrogens (primary N) is 2. The number of hydrogen-bond acceptors (Lipinski definition) is 3. The molecule has 1 heterocycles. The van der Waals surface area contributed by atoms with E-state index in [1.165, 1.54) is 44.5 Å². The van der Waals surface area contributed by atoms with Crippen molar-refractivity contribution in [1.29, 1.82) is 5.41 Å². The SMILES string of the molecule is Cc1ccccc1.Cc1ccccc1.N=CN.NCc1cccc(-c2cccc3oc4ccc(-c5ccc(-c6cccc(-c7ccccc7)c6)cc5)cc4c23)c1. The Balaban J connectivity index is 0.000000259. The van der Waals surface area contributed by atoms with Gasteiger partial charge in [0.25, 0.3) is 0 Å². The van der Waals surface area contributed by atoms with Crippen molar-refractivity contribution in [2.24, 2.45) is 11.5 Å². The molecule has 5 N–H and O–H groups in total. The van der Waals surface area contributed by atoms with Crippen LogP contribution in [-0.4, -0.2) is 6.34 Å². The molecule has 0 spiro atoms. The second-order valence-corrected chi connectivity index (χ2v) is 13.4. The Hall–Kier alpha value is -7.01. The average Bonchev–Trinajstić information content (AvgIpc) is 3.64. The van der Waals surface area contributed by atoms with Gasteiger partial charge in [0.1, 0.15) is 11.2 Å². The van der Waals surface area contributed by atoms with E-state index in [9.17, 15) is 0 Å². The standard InChI is InChI=1S/C37H27NO.2C7H8.CH4N2/c38-24-25-7-4-12-32(21-25)33-13-6-14-36-37(33)34-23-31(19-20-35(34)39-36)28-17-15-27(16-18-28)30-11-5-10-29(22-30)26-8-2-1-3-9-26;2*1-7-5-3-2-4-6-7;2-1-3/h1-23H,24,38H2;2*2-6H,1H3;1H,(H3,2,3). The summed E-state index contributed by atoms with van der Waals surface area (Å²) in [5.74, 6) is 0. The van der Waals surface area contributed by atoms with Crippen LogP contribution in [0, 0.1) is 19.3 Å². The lowest BCUT2D eigenvalue weighted by Gasteiger charge is -2.08. The van der Waals surface area contributed by atoms with Crippen LogP contribution in [0.5, 0.6) is 0 Å². The Morgan fingerprint density at radius 1 is 0.446 bits per heavy atom. The van der Waals surface area contributed by atoms with Crippen molar-refractivity contribution < 1.29 is 4.42 Å². The maximum atomic E-state index is 6.26. The summed E-state index contributed by atoms with van der Waals surface area (Å²) < 4.78 is 6.26. The highest BCUT2D eigenvalue weighted by molar-refractivity contribution is 6.13. The van der Waals surface area contributed by atoms with E-state index in [2.05, 4.69) is 177 Å². The van der Waals surface area contributed by atoms with Gasteiger partial charge in [-0.2, -0.15) is 0 Å². The highest BCUT2D eigenvalue weighted by Gasteiger charge is 2.14. The first-order valence-corrected chi connectivity index (χ1v) is 18.7. The van der Waals surface area contributed by atoms with Crippen molar-refractivity contribution in [3.05, 3.63) is 217 Å². The van der Waals surface area contributed by atoms with Crippen molar-refractivity contribution in [2.45, 2.75) is 20.4 Å². The Morgan fingerprint density at radius 2 is 0.893 bits per heavy atom. The lowest BCUT2D eigenvalue weighted by atomic mass is 9.95. The van der Waals surface area contributed by atoms with Gasteiger partial charge >= 0.3 is 0 Å². The van der Waals surface area contributed by atoms with E-state index in [0.29, 0.717) is 6.54 Å². The average molecular weight is 730 g/mol. The molecular formula is C52H47N3O. The smallest absolute Gasteiger partial charge is 0.136 e. The van der Waals surface area contributed by atoms with Gasteiger partial charge in [-0.1, -0.05) is 181 Å². The minimum atomic E-state index is 0.520. The van der Waals surface area contributed by atoms with Gasteiger partial charge < -0.3 is 15.9 Å². The predicted octanol–water partition coefficient (Wildman–Crippen LogP) is 13.3. The minimum Gasteiger partial charge on any atom is -0.456 e. The van der Waals surface area contributed by atoms with Crippen molar-refractivity contribution >= 4 is 28.3 Å². The minimum absolute atomic E-state index is 0.520. The third-order valence-corrected chi connectivity index (χ3v) is 9.37. The van der Waals surface area contributed by atoms with Gasteiger partial charge in [-0.25, -0.2) is 0 Å². The molecule has 0 saturated heterocycles. The van der Waals surface area contributed by atoms with E-state index in [1.54, 1.807) is 0 Å².